The first-order valence-corrected chi connectivity index (χ1v) is 11.0. The largest absolute Gasteiger partial charge is 0.352 e. The molecule has 30 heavy (non-hydrogen) atoms. The molecule has 0 radical (unpaired) electrons. The van der Waals surface area contributed by atoms with Crippen LogP contribution in [0, 0.1) is 6.92 Å². The minimum absolute atomic E-state index is 0.105. The van der Waals surface area contributed by atoms with E-state index in [-0.39, 0.29) is 5.91 Å². The molecular formula is C25H21ClN2OS. The second kappa shape index (κ2) is 9.33. The van der Waals surface area contributed by atoms with E-state index < -0.39 is 0 Å². The summed E-state index contributed by atoms with van der Waals surface area (Å²) in [6.07, 6.45) is 0.680. The van der Waals surface area contributed by atoms with Gasteiger partial charge in [-0.1, -0.05) is 77.5 Å². The van der Waals surface area contributed by atoms with Gasteiger partial charge in [-0.2, -0.15) is 0 Å². The first kappa shape index (κ1) is 20.5. The molecule has 3 nitrogen and oxygen atoms in total. The third-order valence-electron chi connectivity index (χ3n) is 4.82. The summed E-state index contributed by atoms with van der Waals surface area (Å²) in [4.78, 5) is 18.8. The van der Waals surface area contributed by atoms with Crippen molar-refractivity contribution in [1.82, 2.24) is 10.3 Å². The van der Waals surface area contributed by atoms with Crippen molar-refractivity contribution in [2.45, 2.75) is 23.3 Å². The lowest BCUT2D eigenvalue weighted by Crippen LogP contribution is -2.26. The van der Waals surface area contributed by atoms with Gasteiger partial charge in [-0.15, -0.1) is 0 Å². The number of aromatic nitrogens is 1. The Hall–Kier alpha value is -2.82. The van der Waals surface area contributed by atoms with Crippen LogP contribution in [0.5, 0.6) is 0 Å². The Kier molecular flexibility index (Phi) is 6.36. The van der Waals surface area contributed by atoms with Crippen molar-refractivity contribution < 1.29 is 4.79 Å². The van der Waals surface area contributed by atoms with Gasteiger partial charge >= 0.3 is 0 Å². The minimum Gasteiger partial charge on any atom is -0.352 e. The van der Waals surface area contributed by atoms with E-state index in [1.54, 1.807) is 11.8 Å². The maximum absolute atomic E-state index is 13.0. The topological polar surface area (TPSA) is 42.0 Å². The van der Waals surface area contributed by atoms with Crippen molar-refractivity contribution in [3.63, 3.8) is 0 Å². The molecule has 1 aromatic heterocycles. The van der Waals surface area contributed by atoms with Crippen molar-refractivity contribution in [3.8, 4) is 0 Å². The van der Waals surface area contributed by atoms with Gasteiger partial charge in [0.25, 0.3) is 5.91 Å². The van der Waals surface area contributed by atoms with Gasteiger partial charge in [0.05, 0.1) is 11.1 Å². The molecule has 0 fully saturated rings. The number of pyridine rings is 1. The molecule has 0 saturated heterocycles. The lowest BCUT2D eigenvalue weighted by atomic mass is 10.1. The lowest BCUT2D eigenvalue weighted by Gasteiger charge is -2.11. The van der Waals surface area contributed by atoms with Gasteiger partial charge in [0, 0.05) is 21.8 Å². The Morgan fingerprint density at radius 3 is 2.53 bits per heavy atom. The molecule has 0 aliphatic rings. The van der Waals surface area contributed by atoms with Crippen LogP contribution in [-0.2, 0) is 6.42 Å². The Morgan fingerprint density at radius 1 is 1.00 bits per heavy atom. The minimum atomic E-state index is -0.105. The van der Waals surface area contributed by atoms with E-state index in [9.17, 15) is 4.79 Å². The molecule has 4 rings (SSSR count). The molecule has 0 saturated carbocycles. The number of carbonyl (C=O) groups excluding carboxylic acids is 1. The first-order chi connectivity index (χ1) is 14.6. The molecule has 0 aliphatic heterocycles. The van der Waals surface area contributed by atoms with Crippen molar-refractivity contribution in [2.24, 2.45) is 0 Å². The quantitative estimate of drug-likeness (QED) is 0.387. The normalized spacial score (nSPS) is 10.9. The number of nitrogens with one attached hydrogen (secondary N) is 1. The van der Waals surface area contributed by atoms with Crippen molar-refractivity contribution >= 4 is 40.2 Å². The van der Waals surface area contributed by atoms with E-state index >= 15 is 0 Å². The maximum atomic E-state index is 13.0. The Labute approximate surface area is 185 Å². The van der Waals surface area contributed by atoms with Crippen LogP contribution < -0.4 is 5.32 Å². The number of amides is 1. The van der Waals surface area contributed by atoms with Gasteiger partial charge in [0.2, 0.25) is 0 Å². The van der Waals surface area contributed by atoms with E-state index in [2.05, 4.69) is 36.5 Å². The van der Waals surface area contributed by atoms with E-state index in [1.165, 1.54) is 5.56 Å². The molecule has 0 aliphatic carbocycles. The number of benzene rings is 3. The Bertz CT molecular complexity index is 1190. The number of hydrogen-bond acceptors (Lipinski definition) is 3. The van der Waals surface area contributed by atoms with Gasteiger partial charge in [-0.25, -0.2) is 4.98 Å². The van der Waals surface area contributed by atoms with E-state index in [0.29, 0.717) is 18.5 Å². The number of fused-ring (bicyclic) bond motifs is 1. The molecule has 1 heterocycles. The van der Waals surface area contributed by atoms with Gasteiger partial charge in [0.15, 0.2) is 0 Å². The van der Waals surface area contributed by atoms with Crippen LogP contribution in [0.3, 0.4) is 0 Å². The molecule has 5 heteroatoms. The Balaban J connectivity index is 1.56. The molecule has 0 spiro atoms. The fourth-order valence-corrected chi connectivity index (χ4v) is 4.29. The van der Waals surface area contributed by atoms with Gasteiger partial charge in [0.1, 0.15) is 5.03 Å². The highest BCUT2D eigenvalue weighted by Crippen LogP contribution is 2.30. The molecule has 0 bridgehead atoms. The van der Waals surface area contributed by atoms with E-state index in [0.717, 1.165) is 31.4 Å². The molecule has 0 atom stereocenters. The SMILES string of the molecule is Cc1ccc(Sc2cc(C(=O)NCCc3ccccc3Cl)c3ccccc3n2)cc1. The Morgan fingerprint density at radius 2 is 1.73 bits per heavy atom. The van der Waals surface area contributed by atoms with Crippen molar-refractivity contribution in [1.29, 1.82) is 0 Å². The number of hydrogen-bond donors (Lipinski definition) is 1. The molecule has 1 amide bonds. The third-order valence-corrected chi connectivity index (χ3v) is 6.11. The summed E-state index contributed by atoms with van der Waals surface area (Å²) in [7, 11) is 0. The van der Waals surface area contributed by atoms with Crippen LogP contribution in [0.4, 0.5) is 0 Å². The summed E-state index contributed by atoms with van der Waals surface area (Å²) < 4.78 is 0. The summed E-state index contributed by atoms with van der Waals surface area (Å²) in [5, 5.41) is 5.40. The fourth-order valence-electron chi connectivity index (χ4n) is 3.23. The van der Waals surface area contributed by atoms with Gasteiger partial charge < -0.3 is 5.32 Å². The molecule has 4 aromatic rings. The number of rotatable bonds is 6. The summed E-state index contributed by atoms with van der Waals surface area (Å²) in [6.45, 7) is 2.58. The zero-order valence-electron chi connectivity index (χ0n) is 16.6. The predicted molar refractivity (Wildman–Crippen MR) is 125 cm³/mol. The third kappa shape index (κ3) is 4.84. The van der Waals surface area contributed by atoms with E-state index in [4.69, 9.17) is 16.6 Å². The molecular weight excluding hydrogens is 412 g/mol. The second-order valence-electron chi connectivity index (χ2n) is 7.04. The van der Waals surface area contributed by atoms with Crippen LogP contribution in [0.1, 0.15) is 21.5 Å². The van der Waals surface area contributed by atoms with E-state index in [1.807, 2.05) is 54.6 Å². The molecule has 150 valence electrons. The molecule has 1 N–H and O–H groups in total. The highest BCUT2D eigenvalue weighted by molar-refractivity contribution is 7.99. The summed E-state index contributed by atoms with van der Waals surface area (Å²) in [5.41, 5.74) is 3.68. The average Bonchev–Trinajstić information content (AvgIpc) is 2.76. The van der Waals surface area contributed by atoms with Crippen LogP contribution in [0.15, 0.2) is 88.8 Å². The van der Waals surface area contributed by atoms with Gasteiger partial charge in [-0.3, -0.25) is 4.79 Å². The lowest BCUT2D eigenvalue weighted by molar-refractivity contribution is 0.0955. The summed E-state index contributed by atoms with van der Waals surface area (Å²) >= 11 is 7.78. The van der Waals surface area contributed by atoms with Crippen LogP contribution in [-0.4, -0.2) is 17.4 Å². The van der Waals surface area contributed by atoms with Crippen LogP contribution >= 0.6 is 23.4 Å². The predicted octanol–water partition coefficient (Wildman–Crippen LogP) is 6.32. The molecule has 3 aromatic carbocycles. The number of para-hydroxylation sites is 1. The molecule has 0 unspecified atom stereocenters. The average molecular weight is 433 g/mol. The highest BCUT2D eigenvalue weighted by atomic mass is 35.5. The number of halogens is 1. The monoisotopic (exact) mass is 432 g/mol. The smallest absolute Gasteiger partial charge is 0.252 e. The zero-order chi connectivity index (χ0) is 20.9. The first-order valence-electron chi connectivity index (χ1n) is 9.76. The summed E-state index contributed by atoms with van der Waals surface area (Å²) in [6, 6.07) is 25.6. The fraction of sp³-hybridized carbons (Fsp3) is 0.120. The van der Waals surface area contributed by atoms with Crippen molar-refractivity contribution in [3.05, 3.63) is 101 Å². The van der Waals surface area contributed by atoms with Crippen LogP contribution in [0.2, 0.25) is 5.02 Å². The maximum Gasteiger partial charge on any atom is 0.252 e. The second-order valence-corrected chi connectivity index (χ2v) is 8.54. The standard InChI is InChI=1S/C25H21ClN2OS/c1-17-10-12-19(13-11-17)30-24-16-21(20-7-3-5-9-23(20)28-24)25(29)27-15-14-18-6-2-4-8-22(18)26/h2-13,16H,14-15H2,1H3,(H,27,29). The number of aryl methyl sites for hydroxylation is 1. The highest BCUT2D eigenvalue weighted by Gasteiger charge is 2.14. The number of carbonyl (C=O) groups is 1. The van der Waals surface area contributed by atoms with Gasteiger partial charge in [-0.05, 0) is 49.2 Å². The summed E-state index contributed by atoms with van der Waals surface area (Å²) in [5.74, 6) is -0.105. The van der Waals surface area contributed by atoms with Crippen molar-refractivity contribution in [2.75, 3.05) is 6.54 Å². The van der Waals surface area contributed by atoms with Crippen LogP contribution in [0.25, 0.3) is 10.9 Å². The number of nitrogens with zero attached hydrogens (tertiary/aromatic N) is 1. The zero-order valence-corrected chi connectivity index (χ0v) is 18.1.